The second-order valence-corrected chi connectivity index (χ2v) is 6.25. The fourth-order valence-electron chi connectivity index (χ4n) is 3.04. The van der Waals surface area contributed by atoms with Crippen molar-refractivity contribution in [1.29, 1.82) is 0 Å². The zero-order valence-corrected chi connectivity index (χ0v) is 14.3. The van der Waals surface area contributed by atoms with Gasteiger partial charge < -0.3 is 10.2 Å². The van der Waals surface area contributed by atoms with Gasteiger partial charge >= 0.3 is 6.36 Å². The van der Waals surface area contributed by atoms with E-state index < -0.39 is 13.0 Å². The Labute approximate surface area is 149 Å². The van der Waals surface area contributed by atoms with E-state index >= 15 is 0 Å². The number of ether oxygens (including phenoxy) is 1. The molecule has 0 unspecified atom stereocenters. The summed E-state index contributed by atoms with van der Waals surface area (Å²) in [5.41, 5.74) is 4.56. The number of carbonyl (C=O) groups excluding carboxylic acids is 1. The molecule has 2 aromatic rings. The number of alkyl halides is 3. The predicted molar refractivity (Wildman–Crippen MR) is 92.8 cm³/mol. The summed E-state index contributed by atoms with van der Waals surface area (Å²) in [6.45, 7) is 2.52. The van der Waals surface area contributed by atoms with Crippen molar-refractivity contribution in [2.24, 2.45) is 0 Å². The summed E-state index contributed by atoms with van der Waals surface area (Å²) in [7, 11) is 0. The Hall–Kier alpha value is -2.54. The third-order valence-corrected chi connectivity index (χ3v) is 4.19. The summed E-state index contributed by atoms with van der Waals surface area (Å²) in [5.74, 6) is -0.102. The number of hydrogen-bond acceptors (Lipinski definition) is 3. The summed E-state index contributed by atoms with van der Waals surface area (Å²) in [4.78, 5) is 13.4. The van der Waals surface area contributed by atoms with Gasteiger partial charge in [-0.2, -0.15) is 0 Å². The summed E-state index contributed by atoms with van der Waals surface area (Å²) in [5, 5.41) is 2.78. The average molecular weight is 364 g/mol. The molecule has 1 heterocycles. The van der Waals surface area contributed by atoms with Crippen LogP contribution in [-0.4, -0.2) is 18.8 Å². The van der Waals surface area contributed by atoms with Crippen LogP contribution in [0.3, 0.4) is 0 Å². The van der Waals surface area contributed by atoms with E-state index in [9.17, 15) is 18.0 Å². The fourth-order valence-corrected chi connectivity index (χ4v) is 3.04. The third-order valence-electron chi connectivity index (χ3n) is 4.19. The van der Waals surface area contributed by atoms with E-state index in [0.717, 1.165) is 29.9 Å². The number of rotatable bonds is 5. The highest BCUT2D eigenvalue weighted by atomic mass is 19.4. The minimum atomic E-state index is -4.62. The highest BCUT2D eigenvalue weighted by Gasteiger charge is 2.28. The first kappa shape index (κ1) is 18.3. The molecule has 0 saturated carbocycles. The predicted octanol–water partition coefficient (Wildman–Crippen LogP) is 4.24. The number of nitrogens with zero attached hydrogens (tertiary/aromatic N) is 1. The van der Waals surface area contributed by atoms with Crippen LogP contribution < -0.4 is 10.2 Å². The molecule has 0 radical (unpaired) electrons. The standard InChI is InChI=1S/C19H19F3N2O2/c1-13(25)23-17-6-7-18-16(10-17)8-9-24(18)11-14-2-4-15(5-3-14)12-26-19(20,21)22/h2-7,10H,8-9,11-12H2,1H3,(H,23,25). The topological polar surface area (TPSA) is 41.6 Å². The zero-order valence-electron chi connectivity index (χ0n) is 14.3. The smallest absolute Gasteiger partial charge is 0.367 e. The van der Waals surface area contributed by atoms with Crippen molar-refractivity contribution in [1.82, 2.24) is 0 Å². The van der Waals surface area contributed by atoms with E-state index in [0.29, 0.717) is 12.1 Å². The maximum Gasteiger partial charge on any atom is 0.522 e. The number of benzene rings is 2. The quantitative estimate of drug-likeness (QED) is 0.863. The van der Waals surface area contributed by atoms with Crippen LogP contribution in [0.1, 0.15) is 23.6 Å². The number of halogens is 3. The molecule has 0 bridgehead atoms. The minimum Gasteiger partial charge on any atom is -0.367 e. The van der Waals surface area contributed by atoms with Gasteiger partial charge in [0.25, 0.3) is 0 Å². The third kappa shape index (κ3) is 4.76. The molecule has 0 spiro atoms. The maximum absolute atomic E-state index is 12.1. The van der Waals surface area contributed by atoms with Crippen molar-refractivity contribution in [3.63, 3.8) is 0 Å². The molecule has 0 aliphatic carbocycles. The lowest BCUT2D eigenvalue weighted by Gasteiger charge is -2.20. The van der Waals surface area contributed by atoms with Crippen molar-refractivity contribution in [2.45, 2.75) is 32.9 Å². The molecular weight excluding hydrogens is 345 g/mol. The number of amides is 1. The van der Waals surface area contributed by atoms with Gasteiger partial charge in [-0.15, -0.1) is 13.2 Å². The lowest BCUT2D eigenvalue weighted by atomic mass is 10.1. The summed E-state index contributed by atoms with van der Waals surface area (Å²) in [6, 6.07) is 12.8. The van der Waals surface area contributed by atoms with Crippen LogP contribution in [-0.2, 0) is 29.1 Å². The molecule has 0 saturated heterocycles. The van der Waals surface area contributed by atoms with Crippen LogP contribution in [0.25, 0.3) is 0 Å². The molecule has 1 N–H and O–H groups in total. The van der Waals surface area contributed by atoms with E-state index in [1.54, 1.807) is 12.1 Å². The molecule has 1 amide bonds. The van der Waals surface area contributed by atoms with Crippen LogP contribution in [0, 0.1) is 0 Å². The average Bonchev–Trinajstić information content (AvgIpc) is 2.95. The van der Waals surface area contributed by atoms with Crippen LogP contribution in [0.2, 0.25) is 0 Å². The van der Waals surface area contributed by atoms with Gasteiger partial charge in [-0.3, -0.25) is 9.53 Å². The molecule has 138 valence electrons. The number of hydrogen-bond donors (Lipinski definition) is 1. The molecule has 7 heteroatoms. The SMILES string of the molecule is CC(=O)Nc1ccc2c(c1)CCN2Cc1ccc(COC(F)(F)F)cc1. The highest BCUT2D eigenvalue weighted by molar-refractivity contribution is 5.89. The van der Waals surface area contributed by atoms with Crippen molar-refractivity contribution >= 4 is 17.3 Å². The Bertz CT molecular complexity index is 788. The Morgan fingerprint density at radius 3 is 2.50 bits per heavy atom. The molecule has 0 aromatic heterocycles. The van der Waals surface area contributed by atoms with Crippen molar-refractivity contribution in [3.8, 4) is 0 Å². The van der Waals surface area contributed by atoms with Crippen LogP contribution in [0.15, 0.2) is 42.5 Å². The summed E-state index contributed by atoms with van der Waals surface area (Å²) < 4.78 is 40.1. The Balaban J connectivity index is 1.63. The number of carbonyl (C=O) groups is 1. The minimum absolute atomic E-state index is 0.102. The Kier molecular flexibility index (Phi) is 5.18. The molecule has 0 atom stereocenters. The largest absolute Gasteiger partial charge is 0.522 e. The fraction of sp³-hybridized carbons (Fsp3) is 0.316. The van der Waals surface area contributed by atoms with Gasteiger partial charge in [0.2, 0.25) is 5.91 Å². The van der Waals surface area contributed by atoms with Gasteiger partial charge in [-0.05, 0) is 41.3 Å². The van der Waals surface area contributed by atoms with Crippen molar-refractivity contribution in [2.75, 3.05) is 16.8 Å². The van der Waals surface area contributed by atoms with Gasteiger partial charge in [0, 0.05) is 31.4 Å². The van der Waals surface area contributed by atoms with Gasteiger partial charge in [0.15, 0.2) is 0 Å². The van der Waals surface area contributed by atoms with Crippen molar-refractivity contribution < 1.29 is 22.7 Å². The van der Waals surface area contributed by atoms with Gasteiger partial charge in [0.05, 0.1) is 6.61 Å². The number of fused-ring (bicyclic) bond motifs is 1. The van der Waals surface area contributed by atoms with E-state index in [1.165, 1.54) is 12.5 Å². The van der Waals surface area contributed by atoms with E-state index in [2.05, 4.69) is 15.0 Å². The lowest BCUT2D eigenvalue weighted by Crippen LogP contribution is -2.19. The molecule has 0 fully saturated rings. The molecule has 2 aromatic carbocycles. The second-order valence-electron chi connectivity index (χ2n) is 6.25. The monoisotopic (exact) mass is 364 g/mol. The van der Waals surface area contributed by atoms with E-state index in [1.807, 2.05) is 30.3 Å². The first-order valence-corrected chi connectivity index (χ1v) is 8.24. The molecule has 3 rings (SSSR count). The van der Waals surface area contributed by atoms with E-state index in [4.69, 9.17) is 0 Å². The lowest BCUT2D eigenvalue weighted by molar-refractivity contribution is -0.330. The van der Waals surface area contributed by atoms with Gasteiger partial charge in [-0.1, -0.05) is 24.3 Å². The molecular formula is C19H19F3N2O2. The van der Waals surface area contributed by atoms with E-state index in [-0.39, 0.29) is 5.91 Å². The molecule has 26 heavy (non-hydrogen) atoms. The first-order chi connectivity index (χ1) is 12.3. The zero-order chi connectivity index (χ0) is 18.7. The van der Waals surface area contributed by atoms with Crippen LogP contribution in [0.4, 0.5) is 24.5 Å². The highest BCUT2D eigenvalue weighted by Crippen LogP contribution is 2.31. The second kappa shape index (κ2) is 7.37. The maximum atomic E-state index is 12.1. The Morgan fingerprint density at radius 1 is 1.15 bits per heavy atom. The number of anilines is 2. The normalized spacial score (nSPS) is 13.6. The summed E-state index contributed by atoms with van der Waals surface area (Å²) >= 11 is 0. The molecule has 1 aliphatic rings. The summed E-state index contributed by atoms with van der Waals surface area (Å²) in [6.07, 6.45) is -3.73. The number of nitrogens with one attached hydrogen (secondary N) is 1. The van der Waals surface area contributed by atoms with Crippen molar-refractivity contribution in [3.05, 3.63) is 59.2 Å². The van der Waals surface area contributed by atoms with Gasteiger partial charge in [0.1, 0.15) is 0 Å². The molecule has 1 aliphatic heterocycles. The van der Waals surface area contributed by atoms with Gasteiger partial charge in [-0.25, -0.2) is 0 Å². The first-order valence-electron chi connectivity index (χ1n) is 8.24. The molecule has 4 nitrogen and oxygen atoms in total. The van der Waals surface area contributed by atoms with Crippen LogP contribution >= 0.6 is 0 Å². The Morgan fingerprint density at radius 2 is 1.85 bits per heavy atom. The van der Waals surface area contributed by atoms with Crippen LogP contribution in [0.5, 0.6) is 0 Å².